The van der Waals surface area contributed by atoms with E-state index in [1.54, 1.807) is 24.4 Å². The molecule has 0 saturated heterocycles. The number of rotatable bonds is 5. The SMILES string of the molecule is CC(C)Oc1ccc([N+](=O)[O-])cc1Cn1ccccc1=O. The first-order valence-electron chi connectivity index (χ1n) is 6.57. The van der Waals surface area contributed by atoms with Gasteiger partial charge >= 0.3 is 0 Å². The van der Waals surface area contributed by atoms with Gasteiger partial charge in [0.15, 0.2) is 0 Å². The van der Waals surface area contributed by atoms with Crippen molar-refractivity contribution in [2.45, 2.75) is 26.5 Å². The van der Waals surface area contributed by atoms with Crippen LogP contribution in [0.2, 0.25) is 0 Å². The first-order valence-corrected chi connectivity index (χ1v) is 6.57. The molecule has 2 rings (SSSR count). The van der Waals surface area contributed by atoms with Crippen molar-refractivity contribution in [3.8, 4) is 5.75 Å². The second-order valence-electron chi connectivity index (χ2n) is 4.88. The molecule has 0 aliphatic rings. The molecule has 21 heavy (non-hydrogen) atoms. The standard InChI is InChI=1S/C15H16N2O4/c1-11(2)21-14-7-6-13(17(19)20)9-12(14)10-16-8-4-3-5-15(16)18/h3-9,11H,10H2,1-2H3. The molecule has 0 saturated carbocycles. The lowest BCUT2D eigenvalue weighted by atomic mass is 10.1. The summed E-state index contributed by atoms with van der Waals surface area (Å²) in [7, 11) is 0. The van der Waals surface area contributed by atoms with E-state index in [2.05, 4.69) is 0 Å². The average molecular weight is 288 g/mol. The Morgan fingerprint density at radius 1 is 1.29 bits per heavy atom. The zero-order chi connectivity index (χ0) is 15.4. The van der Waals surface area contributed by atoms with E-state index in [0.717, 1.165) is 0 Å². The Labute approximate surface area is 121 Å². The van der Waals surface area contributed by atoms with E-state index in [-0.39, 0.29) is 23.9 Å². The molecular weight excluding hydrogens is 272 g/mol. The topological polar surface area (TPSA) is 74.4 Å². The molecule has 0 aliphatic carbocycles. The summed E-state index contributed by atoms with van der Waals surface area (Å²) in [6.07, 6.45) is 1.58. The summed E-state index contributed by atoms with van der Waals surface area (Å²) in [5.41, 5.74) is 0.413. The van der Waals surface area contributed by atoms with Crippen molar-refractivity contribution in [1.82, 2.24) is 4.57 Å². The lowest BCUT2D eigenvalue weighted by Gasteiger charge is -2.15. The molecule has 1 aromatic heterocycles. The quantitative estimate of drug-likeness (QED) is 0.626. The van der Waals surface area contributed by atoms with Gasteiger partial charge in [0.25, 0.3) is 11.2 Å². The Kier molecular flexibility index (Phi) is 4.37. The van der Waals surface area contributed by atoms with Gasteiger partial charge in [-0.05, 0) is 26.0 Å². The Hall–Kier alpha value is -2.63. The van der Waals surface area contributed by atoms with Gasteiger partial charge in [0.05, 0.1) is 17.6 Å². The first kappa shape index (κ1) is 14.8. The van der Waals surface area contributed by atoms with Crippen LogP contribution in [-0.4, -0.2) is 15.6 Å². The smallest absolute Gasteiger partial charge is 0.270 e. The molecule has 6 nitrogen and oxygen atoms in total. The number of hydrogen-bond acceptors (Lipinski definition) is 4. The van der Waals surface area contributed by atoms with Crippen LogP contribution in [0.5, 0.6) is 5.75 Å². The molecule has 2 aromatic rings. The first-order chi connectivity index (χ1) is 9.97. The second-order valence-corrected chi connectivity index (χ2v) is 4.88. The third kappa shape index (κ3) is 3.68. The van der Waals surface area contributed by atoms with Crippen LogP contribution in [0.4, 0.5) is 5.69 Å². The molecule has 0 aliphatic heterocycles. The highest BCUT2D eigenvalue weighted by Crippen LogP contribution is 2.25. The molecule has 6 heteroatoms. The number of pyridine rings is 1. The van der Waals surface area contributed by atoms with Crippen LogP contribution in [0.3, 0.4) is 0 Å². The van der Waals surface area contributed by atoms with E-state index in [4.69, 9.17) is 4.74 Å². The number of hydrogen-bond donors (Lipinski definition) is 0. The van der Waals surface area contributed by atoms with Gasteiger partial charge in [-0.2, -0.15) is 0 Å². The number of ether oxygens (including phenoxy) is 1. The molecule has 1 aromatic carbocycles. The largest absolute Gasteiger partial charge is 0.491 e. The van der Waals surface area contributed by atoms with Crippen molar-refractivity contribution in [3.05, 3.63) is 68.6 Å². The number of non-ortho nitro benzene ring substituents is 1. The Morgan fingerprint density at radius 3 is 2.67 bits per heavy atom. The van der Waals surface area contributed by atoms with E-state index in [1.807, 2.05) is 13.8 Å². The van der Waals surface area contributed by atoms with Gasteiger partial charge in [-0.25, -0.2) is 0 Å². The van der Waals surface area contributed by atoms with E-state index in [0.29, 0.717) is 11.3 Å². The lowest BCUT2D eigenvalue weighted by molar-refractivity contribution is -0.384. The van der Waals surface area contributed by atoms with Crippen LogP contribution in [0, 0.1) is 10.1 Å². The van der Waals surface area contributed by atoms with Gasteiger partial charge in [0.2, 0.25) is 0 Å². The second kappa shape index (κ2) is 6.21. The van der Waals surface area contributed by atoms with Gasteiger partial charge in [0.1, 0.15) is 5.75 Å². The highest BCUT2D eigenvalue weighted by Gasteiger charge is 2.13. The Bertz CT molecular complexity index is 707. The summed E-state index contributed by atoms with van der Waals surface area (Å²) in [6, 6.07) is 9.24. The Morgan fingerprint density at radius 2 is 2.05 bits per heavy atom. The number of benzene rings is 1. The Balaban J connectivity index is 2.43. The number of nitro groups is 1. The highest BCUT2D eigenvalue weighted by molar-refractivity contribution is 5.44. The minimum absolute atomic E-state index is 0.0231. The van der Waals surface area contributed by atoms with Gasteiger partial charge in [0, 0.05) is 30.0 Å². The zero-order valence-corrected chi connectivity index (χ0v) is 11.9. The summed E-state index contributed by atoms with van der Waals surface area (Å²) >= 11 is 0. The van der Waals surface area contributed by atoms with Gasteiger partial charge in [-0.1, -0.05) is 6.07 Å². The molecule has 0 bridgehead atoms. The minimum atomic E-state index is -0.462. The maximum atomic E-state index is 11.8. The monoisotopic (exact) mass is 288 g/mol. The summed E-state index contributed by atoms with van der Waals surface area (Å²) in [6.45, 7) is 3.98. The highest BCUT2D eigenvalue weighted by atomic mass is 16.6. The van der Waals surface area contributed by atoms with Crippen LogP contribution in [0.15, 0.2) is 47.4 Å². The van der Waals surface area contributed by atoms with Gasteiger partial charge in [-0.15, -0.1) is 0 Å². The number of nitro benzene ring substituents is 1. The molecule has 110 valence electrons. The maximum Gasteiger partial charge on any atom is 0.270 e. The molecule has 0 fully saturated rings. The molecule has 0 spiro atoms. The molecular formula is C15H16N2O4. The lowest BCUT2D eigenvalue weighted by Crippen LogP contribution is -2.19. The van der Waals surface area contributed by atoms with Crippen molar-refractivity contribution >= 4 is 5.69 Å². The number of aromatic nitrogens is 1. The van der Waals surface area contributed by atoms with E-state index < -0.39 is 4.92 Å². The van der Waals surface area contributed by atoms with Crippen LogP contribution >= 0.6 is 0 Å². The third-order valence-corrected chi connectivity index (χ3v) is 2.86. The van der Waals surface area contributed by atoms with Gasteiger partial charge < -0.3 is 9.30 Å². The zero-order valence-electron chi connectivity index (χ0n) is 11.9. The number of nitrogens with zero attached hydrogens (tertiary/aromatic N) is 2. The summed E-state index contributed by atoms with van der Waals surface area (Å²) < 4.78 is 7.13. The summed E-state index contributed by atoms with van der Waals surface area (Å²) in [4.78, 5) is 22.2. The minimum Gasteiger partial charge on any atom is -0.491 e. The maximum absolute atomic E-state index is 11.8. The van der Waals surface area contributed by atoms with Crippen LogP contribution in [-0.2, 0) is 6.54 Å². The van der Waals surface area contributed by atoms with E-state index in [1.165, 1.54) is 22.8 Å². The van der Waals surface area contributed by atoms with Crippen molar-refractivity contribution < 1.29 is 9.66 Å². The fourth-order valence-electron chi connectivity index (χ4n) is 1.95. The summed E-state index contributed by atoms with van der Waals surface area (Å²) in [5, 5.41) is 10.9. The van der Waals surface area contributed by atoms with Gasteiger partial charge in [-0.3, -0.25) is 14.9 Å². The molecule has 1 heterocycles. The average Bonchev–Trinajstić information content (AvgIpc) is 2.42. The molecule has 0 radical (unpaired) electrons. The fourth-order valence-corrected chi connectivity index (χ4v) is 1.95. The fraction of sp³-hybridized carbons (Fsp3) is 0.267. The predicted molar refractivity (Wildman–Crippen MR) is 78.7 cm³/mol. The van der Waals surface area contributed by atoms with E-state index in [9.17, 15) is 14.9 Å². The normalized spacial score (nSPS) is 10.6. The molecule has 0 N–H and O–H groups in total. The summed E-state index contributed by atoms with van der Waals surface area (Å²) in [5.74, 6) is 0.548. The van der Waals surface area contributed by atoms with Crippen molar-refractivity contribution in [2.75, 3.05) is 0 Å². The van der Waals surface area contributed by atoms with Crippen LogP contribution in [0.25, 0.3) is 0 Å². The van der Waals surface area contributed by atoms with Crippen molar-refractivity contribution in [3.63, 3.8) is 0 Å². The van der Waals surface area contributed by atoms with Crippen molar-refractivity contribution in [1.29, 1.82) is 0 Å². The predicted octanol–water partition coefficient (Wildman–Crippen LogP) is 2.59. The van der Waals surface area contributed by atoms with E-state index >= 15 is 0 Å². The van der Waals surface area contributed by atoms with Crippen LogP contribution in [0.1, 0.15) is 19.4 Å². The molecule has 0 unspecified atom stereocenters. The van der Waals surface area contributed by atoms with Crippen molar-refractivity contribution in [2.24, 2.45) is 0 Å². The molecule has 0 amide bonds. The van der Waals surface area contributed by atoms with Crippen LogP contribution < -0.4 is 10.3 Å². The third-order valence-electron chi connectivity index (χ3n) is 2.86. The molecule has 0 atom stereocenters.